The lowest BCUT2D eigenvalue weighted by Crippen LogP contribution is -2.76. The lowest BCUT2D eigenvalue weighted by atomic mass is 9.33. The summed E-state index contributed by atoms with van der Waals surface area (Å²) in [7, 11) is 2.40. The lowest BCUT2D eigenvalue weighted by Gasteiger charge is -2.75. The van der Waals surface area contributed by atoms with Crippen molar-refractivity contribution < 1.29 is 0 Å². The number of piperidine rings is 1. The van der Waals surface area contributed by atoms with Crippen LogP contribution in [0.3, 0.4) is 0 Å². The van der Waals surface area contributed by atoms with Gasteiger partial charge in [0.1, 0.15) is 0 Å². The third kappa shape index (κ3) is 1.75. The number of fused-ring (bicyclic) bond motifs is 1. The standard InChI is InChI=1S/C24H37N/c1-15-11-9-12-19-16(2)21-23(7)14-10-13-22(5,6)24(23,20(15)19)17(3)18(4)25(21)8/h9,11-12,16-18,21H,10,13-14H2,1-8H3/t16?,17?,18?,21-,23?,24-/m0/s1. The Kier molecular flexibility index (Phi) is 3.60. The van der Waals surface area contributed by atoms with Crippen molar-refractivity contribution in [2.45, 2.75) is 91.1 Å². The number of aryl methyl sites for hydroxylation is 1. The Bertz CT molecular complexity index is 704. The largest absolute Gasteiger partial charge is 0.299 e. The van der Waals surface area contributed by atoms with Crippen LogP contribution in [-0.4, -0.2) is 24.0 Å². The van der Waals surface area contributed by atoms with Crippen molar-refractivity contribution in [3.63, 3.8) is 0 Å². The highest BCUT2D eigenvalue weighted by Gasteiger charge is 2.72. The number of rotatable bonds is 0. The van der Waals surface area contributed by atoms with Crippen molar-refractivity contribution >= 4 is 0 Å². The van der Waals surface area contributed by atoms with Crippen LogP contribution in [0.2, 0.25) is 0 Å². The van der Waals surface area contributed by atoms with Gasteiger partial charge in [0.15, 0.2) is 0 Å². The van der Waals surface area contributed by atoms with Crippen LogP contribution in [0, 0.1) is 23.7 Å². The Morgan fingerprint density at radius 2 is 1.72 bits per heavy atom. The van der Waals surface area contributed by atoms with Crippen LogP contribution >= 0.6 is 0 Å². The summed E-state index contributed by atoms with van der Waals surface area (Å²) in [5.74, 6) is 1.28. The van der Waals surface area contributed by atoms with Crippen molar-refractivity contribution in [2.24, 2.45) is 16.7 Å². The molecular formula is C24H37N. The summed E-state index contributed by atoms with van der Waals surface area (Å²) in [5, 5.41) is 0. The number of hydrogen-bond donors (Lipinski definition) is 0. The summed E-state index contributed by atoms with van der Waals surface area (Å²) in [4.78, 5) is 2.75. The summed E-state index contributed by atoms with van der Waals surface area (Å²) in [6.45, 7) is 17.8. The molecule has 2 bridgehead atoms. The first kappa shape index (κ1) is 17.6. The van der Waals surface area contributed by atoms with E-state index in [4.69, 9.17) is 0 Å². The van der Waals surface area contributed by atoms with Crippen molar-refractivity contribution in [1.29, 1.82) is 0 Å². The quantitative estimate of drug-likeness (QED) is 0.568. The van der Waals surface area contributed by atoms with E-state index in [-0.39, 0.29) is 5.41 Å². The second-order valence-corrected chi connectivity index (χ2v) is 10.4. The van der Waals surface area contributed by atoms with E-state index in [9.17, 15) is 0 Å². The predicted octanol–water partition coefficient (Wildman–Crippen LogP) is 5.90. The molecule has 4 rings (SSSR count). The number of likely N-dealkylation sites (tertiary alicyclic amines) is 1. The molecule has 0 aromatic heterocycles. The Labute approximate surface area is 155 Å². The average Bonchev–Trinajstić information content (AvgIpc) is 2.52. The molecule has 3 aliphatic rings. The van der Waals surface area contributed by atoms with E-state index in [2.05, 4.69) is 78.6 Å². The number of likely N-dealkylation sites (N-methyl/N-ethyl adjacent to an activating group) is 1. The molecule has 6 atom stereocenters. The molecule has 1 aliphatic heterocycles. The smallest absolute Gasteiger partial charge is 0.0224 e. The summed E-state index contributed by atoms with van der Waals surface area (Å²) in [6.07, 6.45) is 4.11. The predicted molar refractivity (Wildman–Crippen MR) is 107 cm³/mol. The molecule has 138 valence electrons. The maximum Gasteiger partial charge on any atom is 0.0224 e. The molecule has 0 amide bonds. The summed E-state index contributed by atoms with van der Waals surface area (Å²) in [5.41, 5.74) is 5.89. The highest BCUT2D eigenvalue weighted by Crippen LogP contribution is 2.73. The SMILES string of the molecule is Cc1cccc2c1[C@]13C(C)C(C)N(C)[C@@H](C2C)C1(C)CCCC3(C)C. The average molecular weight is 340 g/mol. The van der Waals surface area contributed by atoms with Crippen LogP contribution in [-0.2, 0) is 5.41 Å². The molecule has 1 aromatic rings. The fourth-order valence-corrected chi connectivity index (χ4v) is 8.53. The molecule has 0 N–H and O–H groups in total. The van der Waals surface area contributed by atoms with Crippen molar-refractivity contribution in [1.82, 2.24) is 4.90 Å². The summed E-state index contributed by atoms with van der Waals surface area (Å²) in [6, 6.07) is 8.39. The lowest BCUT2D eigenvalue weighted by molar-refractivity contribution is -0.189. The van der Waals surface area contributed by atoms with Crippen LogP contribution in [0.5, 0.6) is 0 Å². The molecular weight excluding hydrogens is 302 g/mol. The van der Waals surface area contributed by atoms with E-state index in [0.717, 1.165) is 0 Å². The van der Waals surface area contributed by atoms with Gasteiger partial charge in [-0.1, -0.05) is 59.2 Å². The van der Waals surface area contributed by atoms with E-state index in [1.807, 2.05) is 0 Å². The molecule has 1 heterocycles. The van der Waals surface area contributed by atoms with Crippen LogP contribution in [0.25, 0.3) is 0 Å². The van der Waals surface area contributed by atoms with E-state index in [0.29, 0.717) is 34.7 Å². The van der Waals surface area contributed by atoms with Gasteiger partial charge in [-0.25, -0.2) is 0 Å². The van der Waals surface area contributed by atoms with Gasteiger partial charge in [0.05, 0.1) is 0 Å². The van der Waals surface area contributed by atoms with Crippen molar-refractivity contribution in [3.05, 3.63) is 34.9 Å². The third-order valence-corrected chi connectivity index (χ3v) is 9.27. The van der Waals surface area contributed by atoms with E-state index >= 15 is 0 Å². The Balaban J connectivity index is 2.17. The molecule has 0 spiro atoms. The van der Waals surface area contributed by atoms with Crippen LogP contribution in [0.1, 0.15) is 83.4 Å². The Morgan fingerprint density at radius 1 is 1.04 bits per heavy atom. The fourth-order valence-electron chi connectivity index (χ4n) is 8.53. The minimum Gasteiger partial charge on any atom is -0.299 e. The third-order valence-electron chi connectivity index (χ3n) is 9.27. The van der Waals surface area contributed by atoms with Crippen LogP contribution in [0.15, 0.2) is 18.2 Å². The number of nitrogens with zero attached hydrogens (tertiary/aromatic N) is 1. The second kappa shape index (κ2) is 5.12. The molecule has 1 nitrogen and oxygen atoms in total. The maximum absolute atomic E-state index is 2.75. The van der Waals surface area contributed by atoms with Crippen LogP contribution < -0.4 is 0 Å². The van der Waals surface area contributed by atoms with Gasteiger partial charge in [0.2, 0.25) is 0 Å². The maximum atomic E-state index is 2.75. The van der Waals surface area contributed by atoms with Gasteiger partial charge in [0.25, 0.3) is 0 Å². The monoisotopic (exact) mass is 339 g/mol. The van der Waals surface area contributed by atoms with Crippen molar-refractivity contribution in [2.75, 3.05) is 7.05 Å². The number of benzene rings is 1. The molecule has 2 aliphatic carbocycles. The molecule has 1 heteroatoms. The molecule has 1 saturated heterocycles. The van der Waals surface area contributed by atoms with Crippen molar-refractivity contribution in [3.8, 4) is 0 Å². The first-order valence-electron chi connectivity index (χ1n) is 10.4. The molecule has 1 aromatic carbocycles. The molecule has 1 saturated carbocycles. The van der Waals surface area contributed by atoms with Gasteiger partial charge in [-0.2, -0.15) is 0 Å². The molecule has 4 unspecified atom stereocenters. The van der Waals surface area contributed by atoms with Gasteiger partial charge in [0, 0.05) is 17.5 Å². The zero-order valence-electron chi connectivity index (χ0n) is 17.6. The minimum atomic E-state index is 0.280. The highest BCUT2D eigenvalue weighted by atomic mass is 15.2. The fraction of sp³-hybridized carbons (Fsp3) is 0.750. The zero-order chi connectivity index (χ0) is 18.4. The Morgan fingerprint density at radius 3 is 2.40 bits per heavy atom. The molecule has 0 radical (unpaired) electrons. The van der Waals surface area contributed by atoms with Gasteiger partial charge in [-0.15, -0.1) is 0 Å². The van der Waals surface area contributed by atoms with Gasteiger partial charge in [-0.05, 0) is 73.1 Å². The zero-order valence-corrected chi connectivity index (χ0v) is 17.6. The highest BCUT2D eigenvalue weighted by molar-refractivity contribution is 5.52. The van der Waals surface area contributed by atoms with E-state index in [1.54, 1.807) is 11.1 Å². The van der Waals surface area contributed by atoms with Crippen LogP contribution in [0.4, 0.5) is 0 Å². The van der Waals surface area contributed by atoms with Gasteiger partial charge in [-0.3, -0.25) is 4.90 Å². The number of hydrogen-bond acceptors (Lipinski definition) is 1. The second-order valence-electron chi connectivity index (χ2n) is 10.4. The van der Waals surface area contributed by atoms with Gasteiger partial charge >= 0.3 is 0 Å². The Hall–Kier alpha value is -0.820. The molecule has 2 fully saturated rings. The normalized spacial score (nSPS) is 45.6. The van der Waals surface area contributed by atoms with E-state index in [1.165, 1.54) is 24.8 Å². The summed E-state index contributed by atoms with van der Waals surface area (Å²) < 4.78 is 0. The van der Waals surface area contributed by atoms with E-state index < -0.39 is 0 Å². The minimum absolute atomic E-state index is 0.280. The first-order chi connectivity index (χ1) is 11.6. The molecule has 25 heavy (non-hydrogen) atoms. The first-order valence-corrected chi connectivity index (χ1v) is 10.4. The topological polar surface area (TPSA) is 3.24 Å². The van der Waals surface area contributed by atoms with Gasteiger partial charge < -0.3 is 0 Å². The summed E-state index contributed by atoms with van der Waals surface area (Å²) >= 11 is 0.